The van der Waals surface area contributed by atoms with Gasteiger partial charge in [-0.3, -0.25) is 0 Å². The molecule has 2 nitrogen and oxygen atoms in total. The molecule has 1 saturated heterocycles. The Morgan fingerprint density at radius 3 is 2.60 bits per heavy atom. The number of likely N-dealkylation sites (tertiary alicyclic amines) is 1. The van der Waals surface area contributed by atoms with E-state index < -0.39 is 0 Å². The van der Waals surface area contributed by atoms with Gasteiger partial charge in [0.1, 0.15) is 0 Å². The summed E-state index contributed by atoms with van der Waals surface area (Å²) < 4.78 is 0. The van der Waals surface area contributed by atoms with E-state index in [1.165, 1.54) is 77.5 Å². The van der Waals surface area contributed by atoms with Crippen molar-refractivity contribution in [3.63, 3.8) is 0 Å². The average Bonchev–Trinajstić information content (AvgIpc) is 2.85. The smallest absolute Gasteiger partial charge is 0.00503 e. The summed E-state index contributed by atoms with van der Waals surface area (Å²) in [6.45, 7) is 12.2. The maximum Gasteiger partial charge on any atom is 0.00503 e. The van der Waals surface area contributed by atoms with Crippen LogP contribution in [0.2, 0.25) is 0 Å². The molecule has 0 aromatic rings. The van der Waals surface area contributed by atoms with Crippen molar-refractivity contribution >= 4 is 0 Å². The van der Waals surface area contributed by atoms with Crippen molar-refractivity contribution in [2.24, 2.45) is 11.3 Å². The monoisotopic (exact) mass is 280 g/mol. The first-order chi connectivity index (χ1) is 9.63. The van der Waals surface area contributed by atoms with Crippen LogP contribution >= 0.6 is 0 Å². The molecule has 2 fully saturated rings. The number of hydrogen-bond donors (Lipinski definition) is 1. The molecule has 0 spiro atoms. The van der Waals surface area contributed by atoms with Crippen molar-refractivity contribution in [1.82, 2.24) is 10.2 Å². The van der Waals surface area contributed by atoms with Crippen molar-refractivity contribution in [2.45, 2.75) is 78.2 Å². The summed E-state index contributed by atoms with van der Waals surface area (Å²) in [5.74, 6) is 0.985. The van der Waals surface area contributed by atoms with Crippen LogP contribution in [0.3, 0.4) is 0 Å². The molecule has 2 heteroatoms. The molecule has 1 unspecified atom stereocenters. The highest BCUT2D eigenvalue weighted by Crippen LogP contribution is 2.38. The van der Waals surface area contributed by atoms with Gasteiger partial charge >= 0.3 is 0 Å². The van der Waals surface area contributed by atoms with Crippen LogP contribution in [0.15, 0.2) is 0 Å². The molecule has 0 aromatic heterocycles. The van der Waals surface area contributed by atoms with E-state index in [4.69, 9.17) is 0 Å². The van der Waals surface area contributed by atoms with Gasteiger partial charge in [-0.05, 0) is 43.6 Å². The van der Waals surface area contributed by atoms with Crippen LogP contribution in [0, 0.1) is 11.3 Å². The highest BCUT2D eigenvalue weighted by molar-refractivity contribution is 4.90. The third-order valence-corrected chi connectivity index (χ3v) is 5.43. The van der Waals surface area contributed by atoms with E-state index in [0.717, 1.165) is 5.92 Å². The normalized spacial score (nSPS) is 27.3. The molecule has 118 valence electrons. The maximum absolute atomic E-state index is 3.74. The van der Waals surface area contributed by atoms with E-state index in [1.54, 1.807) is 0 Å². The zero-order chi connectivity index (χ0) is 14.4. The molecule has 1 aliphatic carbocycles. The van der Waals surface area contributed by atoms with E-state index in [1.807, 2.05) is 0 Å². The van der Waals surface area contributed by atoms with Crippen molar-refractivity contribution < 1.29 is 0 Å². The molecule has 2 rings (SSSR count). The summed E-state index contributed by atoms with van der Waals surface area (Å²) in [6.07, 6.45) is 11.5. The predicted molar refractivity (Wildman–Crippen MR) is 88.1 cm³/mol. The largest absolute Gasteiger partial charge is 0.314 e. The second-order valence-corrected chi connectivity index (χ2v) is 7.77. The third kappa shape index (κ3) is 4.73. The van der Waals surface area contributed by atoms with Crippen molar-refractivity contribution in [3.8, 4) is 0 Å². The molecule has 0 amide bonds. The number of nitrogens with zero attached hydrogens (tertiary/aromatic N) is 1. The van der Waals surface area contributed by atoms with Crippen molar-refractivity contribution in [1.29, 1.82) is 0 Å². The summed E-state index contributed by atoms with van der Waals surface area (Å²) in [5.41, 5.74) is 0.573. The van der Waals surface area contributed by atoms with Crippen LogP contribution in [0.1, 0.15) is 72.1 Å². The first-order valence-electron chi connectivity index (χ1n) is 9.09. The quantitative estimate of drug-likeness (QED) is 0.756. The first-order valence-corrected chi connectivity index (χ1v) is 9.09. The molecular weight excluding hydrogens is 244 g/mol. The molecule has 1 aliphatic heterocycles. The topological polar surface area (TPSA) is 15.3 Å². The molecule has 0 aromatic carbocycles. The van der Waals surface area contributed by atoms with E-state index in [0.29, 0.717) is 11.5 Å². The number of rotatable bonds is 7. The Kier molecular flexibility index (Phi) is 6.35. The maximum atomic E-state index is 3.74. The highest BCUT2D eigenvalue weighted by Gasteiger charge is 2.35. The fourth-order valence-electron chi connectivity index (χ4n) is 4.29. The lowest BCUT2D eigenvalue weighted by Crippen LogP contribution is -2.46. The van der Waals surface area contributed by atoms with Gasteiger partial charge in [0.25, 0.3) is 0 Å². The summed E-state index contributed by atoms with van der Waals surface area (Å²) in [6, 6.07) is 0.625. The molecule has 1 heterocycles. The van der Waals surface area contributed by atoms with E-state index in [2.05, 4.69) is 31.0 Å². The van der Waals surface area contributed by atoms with Gasteiger partial charge in [0.05, 0.1) is 0 Å². The van der Waals surface area contributed by atoms with Gasteiger partial charge in [-0.1, -0.05) is 46.5 Å². The van der Waals surface area contributed by atoms with Crippen LogP contribution in [0.25, 0.3) is 0 Å². The van der Waals surface area contributed by atoms with Gasteiger partial charge in [-0.25, -0.2) is 0 Å². The first kappa shape index (κ1) is 16.3. The van der Waals surface area contributed by atoms with E-state index in [9.17, 15) is 0 Å². The summed E-state index contributed by atoms with van der Waals surface area (Å²) >= 11 is 0. The van der Waals surface area contributed by atoms with E-state index in [-0.39, 0.29) is 0 Å². The van der Waals surface area contributed by atoms with Gasteiger partial charge in [0, 0.05) is 25.7 Å². The van der Waals surface area contributed by atoms with Crippen molar-refractivity contribution in [3.05, 3.63) is 0 Å². The molecule has 20 heavy (non-hydrogen) atoms. The summed E-state index contributed by atoms with van der Waals surface area (Å²) in [5, 5.41) is 3.74. The zero-order valence-corrected chi connectivity index (χ0v) is 14.1. The lowest BCUT2D eigenvalue weighted by molar-refractivity contribution is 0.111. The Morgan fingerprint density at radius 1 is 1.20 bits per heavy atom. The van der Waals surface area contributed by atoms with Gasteiger partial charge in [0.2, 0.25) is 0 Å². The lowest BCUT2D eigenvalue weighted by Gasteiger charge is -2.41. The Hall–Kier alpha value is -0.0800. The van der Waals surface area contributed by atoms with Crippen LogP contribution < -0.4 is 5.32 Å². The van der Waals surface area contributed by atoms with Crippen LogP contribution in [-0.2, 0) is 0 Å². The average molecular weight is 281 g/mol. The standard InChI is InChI=1S/C18H36N2/c1-4-8-17-9-12-20(13-17)15-18(14-19-16(2)3)10-6-5-7-11-18/h16-17,19H,4-15H2,1-3H3. The van der Waals surface area contributed by atoms with Gasteiger partial charge in [-0.15, -0.1) is 0 Å². The minimum absolute atomic E-state index is 0.573. The van der Waals surface area contributed by atoms with Gasteiger partial charge in [0.15, 0.2) is 0 Å². The summed E-state index contributed by atoms with van der Waals surface area (Å²) in [4.78, 5) is 2.79. The molecule has 2 aliphatic rings. The lowest BCUT2D eigenvalue weighted by atomic mass is 9.73. The number of hydrogen-bond acceptors (Lipinski definition) is 2. The molecular formula is C18H36N2. The third-order valence-electron chi connectivity index (χ3n) is 5.43. The Labute approximate surface area is 126 Å². The highest BCUT2D eigenvalue weighted by atomic mass is 15.2. The van der Waals surface area contributed by atoms with E-state index >= 15 is 0 Å². The Morgan fingerprint density at radius 2 is 1.95 bits per heavy atom. The fourth-order valence-corrected chi connectivity index (χ4v) is 4.29. The zero-order valence-electron chi connectivity index (χ0n) is 14.1. The van der Waals surface area contributed by atoms with Gasteiger partial charge < -0.3 is 10.2 Å². The Balaban J connectivity index is 1.87. The van der Waals surface area contributed by atoms with Crippen molar-refractivity contribution in [2.75, 3.05) is 26.2 Å². The molecule has 0 bridgehead atoms. The Bertz CT molecular complexity index is 269. The molecule has 1 atom stereocenters. The fraction of sp³-hybridized carbons (Fsp3) is 1.00. The van der Waals surface area contributed by atoms with Crippen LogP contribution in [0.4, 0.5) is 0 Å². The second kappa shape index (κ2) is 7.79. The molecule has 1 saturated carbocycles. The van der Waals surface area contributed by atoms with Crippen LogP contribution in [-0.4, -0.2) is 37.1 Å². The predicted octanol–water partition coefficient (Wildman–Crippen LogP) is 4.06. The minimum Gasteiger partial charge on any atom is -0.314 e. The minimum atomic E-state index is 0.573. The van der Waals surface area contributed by atoms with Crippen LogP contribution in [0.5, 0.6) is 0 Å². The summed E-state index contributed by atoms with van der Waals surface area (Å²) in [7, 11) is 0. The number of nitrogens with one attached hydrogen (secondary N) is 1. The second-order valence-electron chi connectivity index (χ2n) is 7.77. The molecule has 0 radical (unpaired) electrons. The van der Waals surface area contributed by atoms with Gasteiger partial charge in [-0.2, -0.15) is 0 Å². The SMILES string of the molecule is CCCC1CCN(CC2(CNC(C)C)CCCCC2)C1. The molecule has 1 N–H and O–H groups in total.